The lowest BCUT2D eigenvalue weighted by molar-refractivity contribution is -0.138. The molecule has 2 atom stereocenters. The molecule has 6 nitrogen and oxygen atoms in total. The van der Waals surface area contributed by atoms with Crippen LogP contribution in [0.5, 0.6) is 0 Å². The number of hydrogen-bond donors (Lipinski definition) is 1. The molecule has 0 radical (unpaired) electrons. The monoisotopic (exact) mass is 364 g/mol. The van der Waals surface area contributed by atoms with Crippen LogP contribution in [0.2, 0.25) is 0 Å². The molecular weight excluding hydrogens is 349 g/mol. The first-order valence-corrected chi connectivity index (χ1v) is 7.77. The van der Waals surface area contributed by atoms with Gasteiger partial charge in [0, 0.05) is 31.9 Å². The van der Waals surface area contributed by atoms with Crippen LogP contribution in [0.25, 0.3) is 0 Å². The average Bonchev–Trinajstić information content (AvgIpc) is 2.90. The predicted molar refractivity (Wildman–Crippen MR) is 86.0 cm³/mol. The van der Waals surface area contributed by atoms with Gasteiger partial charge in [-0.1, -0.05) is 12.1 Å². The zero-order chi connectivity index (χ0) is 18.9. The summed E-state index contributed by atoms with van der Waals surface area (Å²) in [7, 11) is 1.55. The molecule has 1 N–H and O–H groups in total. The highest BCUT2D eigenvalue weighted by atomic mass is 19.4. The number of anilines is 1. The van der Waals surface area contributed by atoms with Crippen molar-refractivity contribution in [3.8, 4) is 0 Å². The Bertz CT molecular complexity index is 809. The number of hydrogen-bond acceptors (Lipinski definition) is 4. The summed E-state index contributed by atoms with van der Waals surface area (Å²) in [5.74, 6) is -2.54. The summed E-state index contributed by atoms with van der Waals surface area (Å²) in [5.41, 5.74) is -0.289. The van der Waals surface area contributed by atoms with Crippen molar-refractivity contribution in [3.05, 3.63) is 53.9 Å². The van der Waals surface area contributed by atoms with Gasteiger partial charge in [-0.05, 0) is 23.8 Å². The molecule has 0 saturated carbocycles. The van der Waals surface area contributed by atoms with Crippen molar-refractivity contribution < 1.29 is 22.8 Å². The van der Waals surface area contributed by atoms with Gasteiger partial charge in [0.2, 0.25) is 17.8 Å². The highest BCUT2D eigenvalue weighted by Gasteiger charge is 2.44. The van der Waals surface area contributed by atoms with Crippen LogP contribution >= 0.6 is 0 Å². The number of benzene rings is 1. The van der Waals surface area contributed by atoms with Crippen LogP contribution in [0.15, 0.2) is 42.7 Å². The van der Waals surface area contributed by atoms with Gasteiger partial charge in [-0.15, -0.1) is 0 Å². The summed E-state index contributed by atoms with van der Waals surface area (Å²) in [6.45, 7) is 0.234. The number of nitrogens with one attached hydrogen (secondary N) is 1. The third-order valence-electron chi connectivity index (χ3n) is 4.26. The third kappa shape index (κ3) is 3.51. The standard InChI is InChI=1S/C17H15F3N4O2/c1-24-9-12(10-3-5-11(6-4-10)17(18,19)20)13(15(24)26)14(25)23-16-21-7-2-8-22-16/h2-8,12-13H,9H2,1H3,(H,21,22,23,25)/t12-,13+/m0/s1. The van der Waals surface area contributed by atoms with Gasteiger partial charge in [0.1, 0.15) is 5.92 Å². The fourth-order valence-corrected chi connectivity index (χ4v) is 2.96. The Morgan fingerprint density at radius 1 is 1.19 bits per heavy atom. The third-order valence-corrected chi connectivity index (χ3v) is 4.26. The minimum absolute atomic E-state index is 0.0611. The van der Waals surface area contributed by atoms with E-state index in [1.54, 1.807) is 13.1 Å². The van der Waals surface area contributed by atoms with Gasteiger partial charge in [0.25, 0.3) is 0 Å². The van der Waals surface area contributed by atoms with E-state index >= 15 is 0 Å². The Balaban J connectivity index is 1.85. The summed E-state index contributed by atoms with van der Waals surface area (Å²) in [5, 5.41) is 2.48. The average molecular weight is 364 g/mol. The Kier molecular flexibility index (Phi) is 4.62. The van der Waals surface area contributed by atoms with E-state index in [0.29, 0.717) is 5.56 Å². The van der Waals surface area contributed by atoms with Crippen LogP contribution in [-0.2, 0) is 15.8 Å². The quantitative estimate of drug-likeness (QED) is 0.848. The second-order valence-electron chi connectivity index (χ2n) is 5.98. The summed E-state index contributed by atoms with van der Waals surface area (Å²) < 4.78 is 38.2. The lowest BCUT2D eigenvalue weighted by atomic mass is 9.87. The highest BCUT2D eigenvalue weighted by Crippen LogP contribution is 2.36. The Morgan fingerprint density at radius 3 is 2.38 bits per heavy atom. The molecule has 26 heavy (non-hydrogen) atoms. The van der Waals surface area contributed by atoms with Gasteiger partial charge in [0.05, 0.1) is 5.56 Å². The second-order valence-corrected chi connectivity index (χ2v) is 5.98. The number of carbonyl (C=O) groups is 2. The van der Waals surface area contributed by atoms with Gasteiger partial charge in [0.15, 0.2) is 0 Å². The number of nitrogens with zero attached hydrogens (tertiary/aromatic N) is 3. The Labute approximate surface area is 147 Å². The molecule has 0 unspecified atom stereocenters. The maximum Gasteiger partial charge on any atom is 0.416 e. The molecule has 1 saturated heterocycles. The van der Waals surface area contributed by atoms with E-state index in [1.807, 2.05) is 0 Å². The maximum atomic E-state index is 12.7. The summed E-state index contributed by atoms with van der Waals surface area (Å²) >= 11 is 0. The minimum Gasteiger partial charge on any atom is -0.344 e. The molecule has 2 amide bonds. The van der Waals surface area contributed by atoms with Crippen LogP contribution in [0.4, 0.5) is 19.1 Å². The first kappa shape index (κ1) is 17.8. The molecule has 0 bridgehead atoms. The zero-order valence-electron chi connectivity index (χ0n) is 13.7. The van der Waals surface area contributed by atoms with Crippen molar-refractivity contribution in [2.75, 3.05) is 18.9 Å². The van der Waals surface area contributed by atoms with E-state index in [4.69, 9.17) is 0 Å². The zero-order valence-corrected chi connectivity index (χ0v) is 13.7. The molecule has 1 aromatic heterocycles. The minimum atomic E-state index is -4.44. The number of amides is 2. The van der Waals surface area contributed by atoms with Crippen molar-refractivity contribution in [2.45, 2.75) is 12.1 Å². The molecule has 3 rings (SSSR count). The number of halogens is 3. The predicted octanol–water partition coefficient (Wildman–Crippen LogP) is 2.31. The maximum absolute atomic E-state index is 12.7. The van der Waals surface area contributed by atoms with Crippen LogP contribution in [0.3, 0.4) is 0 Å². The molecule has 136 valence electrons. The van der Waals surface area contributed by atoms with Gasteiger partial charge < -0.3 is 4.90 Å². The van der Waals surface area contributed by atoms with E-state index in [1.165, 1.54) is 29.4 Å². The van der Waals surface area contributed by atoms with Gasteiger partial charge in [-0.2, -0.15) is 13.2 Å². The fourth-order valence-electron chi connectivity index (χ4n) is 2.96. The SMILES string of the molecule is CN1C[C@@H](c2ccc(C(F)(F)F)cc2)[C@H](C(=O)Nc2ncccn2)C1=O. The van der Waals surface area contributed by atoms with Gasteiger partial charge in [-0.25, -0.2) is 9.97 Å². The molecule has 1 aromatic carbocycles. The lowest BCUT2D eigenvalue weighted by Gasteiger charge is -2.17. The van der Waals surface area contributed by atoms with Crippen molar-refractivity contribution >= 4 is 17.8 Å². The largest absolute Gasteiger partial charge is 0.416 e. The van der Waals surface area contributed by atoms with E-state index in [0.717, 1.165) is 12.1 Å². The van der Waals surface area contributed by atoms with Crippen LogP contribution in [0, 0.1) is 5.92 Å². The first-order chi connectivity index (χ1) is 12.3. The van der Waals surface area contributed by atoms with Gasteiger partial charge in [-0.3, -0.25) is 14.9 Å². The number of likely N-dealkylation sites (tertiary alicyclic amines) is 1. The van der Waals surface area contributed by atoms with Crippen LogP contribution in [-0.4, -0.2) is 40.3 Å². The molecule has 1 aliphatic heterocycles. The molecular formula is C17H15F3N4O2. The van der Waals surface area contributed by atoms with Crippen molar-refractivity contribution in [1.82, 2.24) is 14.9 Å². The lowest BCUT2D eigenvalue weighted by Crippen LogP contribution is -2.33. The fraction of sp³-hybridized carbons (Fsp3) is 0.294. The summed E-state index contributed by atoms with van der Waals surface area (Å²) in [6.07, 6.45) is -1.56. The number of rotatable bonds is 3. The van der Waals surface area contributed by atoms with Gasteiger partial charge >= 0.3 is 6.18 Å². The Hall–Kier alpha value is -2.97. The van der Waals surface area contributed by atoms with E-state index < -0.39 is 35.4 Å². The molecule has 2 heterocycles. The molecule has 2 aromatic rings. The van der Waals surface area contributed by atoms with Crippen molar-refractivity contribution in [3.63, 3.8) is 0 Å². The summed E-state index contributed by atoms with van der Waals surface area (Å²) in [6, 6.07) is 6.09. The summed E-state index contributed by atoms with van der Waals surface area (Å²) in [4.78, 5) is 34.1. The normalized spacial score (nSPS) is 20.3. The molecule has 9 heteroatoms. The van der Waals surface area contributed by atoms with Crippen LogP contribution < -0.4 is 5.32 Å². The highest BCUT2D eigenvalue weighted by molar-refractivity contribution is 6.07. The number of likely N-dealkylation sites (N-methyl/N-ethyl adjacent to an activating group) is 1. The van der Waals surface area contributed by atoms with Crippen LogP contribution in [0.1, 0.15) is 17.0 Å². The second kappa shape index (κ2) is 6.74. The van der Waals surface area contributed by atoms with E-state index in [9.17, 15) is 22.8 Å². The van der Waals surface area contributed by atoms with Crippen molar-refractivity contribution in [1.29, 1.82) is 0 Å². The molecule has 1 aliphatic rings. The number of alkyl halides is 3. The smallest absolute Gasteiger partial charge is 0.344 e. The number of carbonyl (C=O) groups excluding carboxylic acids is 2. The number of aromatic nitrogens is 2. The first-order valence-electron chi connectivity index (χ1n) is 7.77. The topological polar surface area (TPSA) is 75.2 Å². The van der Waals surface area contributed by atoms with Crippen molar-refractivity contribution in [2.24, 2.45) is 5.92 Å². The molecule has 0 spiro atoms. The molecule has 1 fully saturated rings. The van der Waals surface area contributed by atoms with E-state index in [-0.39, 0.29) is 12.5 Å². The Morgan fingerprint density at radius 2 is 1.81 bits per heavy atom. The van der Waals surface area contributed by atoms with E-state index in [2.05, 4.69) is 15.3 Å². The molecule has 0 aliphatic carbocycles.